The Kier molecular flexibility index (Phi) is 5.03. The van der Waals surface area contributed by atoms with E-state index < -0.39 is 0 Å². The first-order valence-electron chi connectivity index (χ1n) is 9.32. The van der Waals surface area contributed by atoms with Gasteiger partial charge in [-0.1, -0.05) is 35.0 Å². The predicted octanol–water partition coefficient (Wildman–Crippen LogP) is 2.92. The summed E-state index contributed by atoms with van der Waals surface area (Å²) in [5.41, 5.74) is 7.13. The van der Waals surface area contributed by atoms with Crippen LogP contribution in [0.2, 0.25) is 10.2 Å². The minimum atomic E-state index is 0.0932. The van der Waals surface area contributed by atoms with Gasteiger partial charge in [0.05, 0.1) is 23.1 Å². The van der Waals surface area contributed by atoms with Crippen LogP contribution in [0, 0.1) is 5.41 Å². The van der Waals surface area contributed by atoms with Crippen LogP contribution in [0.25, 0.3) is 5.65 Å². The number of piperidine rings is 1. The number of fused-ring (bicyclic) bond motifs is 1. The van der Waals surface area contributed by atoms with Crippen LogP contribution in [-0.2, 0) is 4.74 Å². The predicted molar refractivity (Wildman–Crippen MR) is 112 cm³/mol. The topological polar surface area (TPSA) is 94.5 Å². The first-order chi connectivity index (χ1) is 14.1. The molecule has 0 amide bonds. The number of hydrogen-bond acceptors (Lipinski definition) is 8. The fourth-order valence-corrected chi connectivity index (χ4v) is 5.36. The normalized spacial score (nSPS) is 21.3. The molecule has 3 aromatic rings. The van der Waals surface area contributed by atoms with Gasteiger partial charge in [0.2, 0.25) is 5.95 Å². The molecule has 2 aliphatic heterocycles. The van der Waals surface area contributed by atoms with Gasteiger partial charge in [0, 0.05) is 41.8 Å². The second-order valence-electron chi connectivity index (χ2n) is 7.43. The van der Waals surface area contributed by atoms with E-state index in [-0.39, 0.29) is 16.6 Å². The van der Waals surface area contributed by atoms with Crippen LogP contribution >= 0.6 is 35.0 Å². The van der Waals surface area contributed by atoms with Gasteiger partial charge in [-0.05, 0) is 18.9 Å². The lowest BCUT2D eigenvalue weighted by molar-refractivity contribution is 0.131. The SMILES string of the molecule is N[C@@H]1COCC12CCN(c1ncc(Sc3ccnc(Cl)c3Cl)c3nncn13)CC2. The van der Waals surface area contributed by atoms with Crippen LogP contribution < -0.4 is 10.6 Å². The van der Waals surface area contributed by atoms with E-state index in [4.69, 9.17) is 38.7 Å². The van der Waals surface area contributed by atoms with E-state index in [1.807, 2.05) is 16.7 Å². The number of rotatable bonds is 3. The molecule has 1 spiro atoms. The number of anilines is 1. The Bertz CT molecular complexity index is 1050. The summed E-state index contributed by atoms with van der Waals surface area (Å²) in [6, 6.07) is 1.93. The molecule has 29 heavy (non-hydrogen) atoms. The highest BCUT2D eigenvalue weighted by molar-refractivity contribution is 7.99. The van der Waals surface area contributed by atoms with Crippen LogP contribution in [0.15, 0.2) is 34.6 Å². The van der Waals surface area contributed by atoms with Gasteiger partial charge in [-0.25, -0.2) is 14.4 Å². The van der Waals surface area contributed by atoms with Crippen molar-refractivity contribution in [3.8, 4) is 0 Å². The molecule has 0 aliphatic carbocycles. The molecule has 2 N–H and O–H groups in total. The van der Waals surface area contributed by atoms with Gasteiger partial charge >= 0.3 is 0 Å². The number of pyridine rings is 1. The van der Waals surface area contributed by atoms with Crippen LogP contribution in [0.3, 0.4) is 0 Å². The third-order valence-electron chi connectivity index (χ3n) is 5.83. The van der Waals surface area contributed by atoms with E-state index in [0.717, 1.165) is 53.9 Å². The fraction of sp³-hybridized carbons (Fsp3) is 0.444. The Labute approximate surface area is 181 Å². The maximum Gasteiger partial charge on any atom is 0.212 e. The zero-order chi connectivity index (χ0) is 20.0. The van der Waals surface area contributed by atoms with Gasteiger partial charge in [-0.3, -0.25) is 0 Å². The number of aromatic nitrogens is 5. The summed E-state index contributed by atoms with van der Waals surface area (Å²) in [6.07, 6.45) is 7.10. The van der Waals surface area contributed by atoms with Gasteiger partial charge in [0.1, 0.15) is 11.5 Å². The second-order valence-corrected chi connectivity index (χ2v) is 9.25. The summed E-state index contributed by atoms with van der Waals surface area (Å²) in [6.45, 7) is 3.15. The van der Waals surface area contributed by atoms with E-state index >= 15 is 0 Å². The molecule has 2 fully saturated rings. The zero-order valence-electron chi connectivity index (χ0n) is 15.5. The van der Waals surface area contributed by atoms with Crippen molar-refractivity contribution in [2.45, 2.75) is 28.7 Å². The quantitative estimate of drug-likeness (QED) is 0.607. The Morgan fingerprint density at radius 3 is 2.79 bits per heavy atom. The first kappa shape index (κ1) is 19.3. The van der Waals surface area contributed by atoms with E-state index in [1.54, 1.807) is 12.5 Å². The van der Waals surface area contributed by atoms with E-state index in [2.05, 4.69) is 20.1 Å². The van der Waals surface area contributed by atoms with Crippen molar-refractivity contribution in [1.29, 1.82) is 0 Å². The molecule has 3 aromatic heterocycles. The molecule has 0 radical (unpaired) electrons. The molecule has 11 heteroatoms. The molecule has 152 valence electrons. The smallest absolute Gasteiger partial charge is 0.212 e. The average molecular weight is 452 g/mol. The molecule has 0 aromatic carbocycles. The lowest BCUT2D eigenvalue weighted by atomic mass is 9.75. The molecule has 5 rings (SSSR count). The van der Waals surface area contributed by atoms with Crippen molar-refractivity contribution in [1.82, 2.24) is 24.6 Å². The standard InChI is InChI=1S/C18H19Cl2N7OS/c19-14-11(1-4-22-15(14)20)29-12-7-23-17(27-10-24-25-16(12)27)26-5-2-18(3-6-26)9-28-8-13(18)21/h1,4,7,10,13H,2-3,5-6,8-9,21H2/t13-/m1/s1. The highest BCUT2D eigenvalue weighted by Gasteiger charge is 2.44. The van der Waals surface area contributed by atoms with E-state index in [1.165, 1.54) is 11.8 Å². The number of halogens is 2. The monoisotopic (exact) mass is 451 g/mol. The van der Waals surface area contributed by atoms with Gasteiger partial charge in [0.25, 0.3) is 0 Å². The highest BCUT2D eigenvalue weighted by Crippen LogP contribution is 2.40. The highest BCUT2D eigenvalue weighted by atomic mass is 35.5. The summed E-state index contributed by atoms with van der Waals surface area (Å²) < 4.78 is 7.55. The maximum atomic E-state index is 6.31. The minimum Gasteiger partial charge on any atom is -0.379 e. The summed E-state index contributed by atoms with van der Waals surface area (Å²) in [4.78, 5) is 12.6. The molecule has 0 bridgehead atoms. The largest absolute Gasteiger partial charge is 0.379 e. The number of nitrogens with zero attached hydrogens (tertiary/aromatic N) is 6. The van der Waals surface area contributed by atoms with Gasteiger partial charge < -0.3 is 15.4 Å². The third kappa shape index (κ3) is 3.34. The third-order valence-corrected chi connectivity index (χ3v) is 7.77. The van der Waals surface area contributed by atoms with E-state index in [0.29, 0.717) is 11.6 Å². The zero-order valence-corrected chi connectivity index (χ0v) is 17.8. The second kappa shape index (κ2) is 7.55. The number of hydrogen-bond donors (Lipinski definition) is 1. The fourth-order valence-electron chi connectivity index (χ4n) is 4.03. The molecule has 0 saturated carbocycles. The molecule has 2 aliphatic rings. The van der Waals surface area contributed by atoms with Gasteiger partial charge in [-0.15, -0.1) is 10.2 Å². The summed E-state index contributed by atoms with van der Waals surface area (Å²) in [5.74, 6) is 0.829. The first-order valence-corrected chi connectivity index (χ1v) is 10.9. The van der Waals surface area contributed by atoms with Crippen molar-refractivity contribution in [3.05, 3.63) is 35.0 Å². The van der Waals surface area contributed by atoms with Crippen LogP contribution in [0.4, 0.5) is 5.95 Å². The Morgan fingerprint density at radius 2 is 2.03 bits per heavy atom. The molecule has 0 unspecified atom stereocenters. The molecular formula is C18H19Cl2N7OS. The Hall–Kier alpha value is -1.65. The van der Waals surface area contributed by atoms with Gasteiger partial charge in [-0.2, -0.15) is 0 Å². The maximum absolute atomic E-state index is 6.31. The van der Waals surface area contributed by atoms with Crippen LogP contribution in [-0.4, -0.2) is 56.9 Å². The Morgan fingerprint density at radius 1 is 1.21 bits per heavy atom. The number of nitrogens with two attached hydrogens (primary N) is 1. The van der Waals surface area contributed by atoms with Crippen molar-refractivity contribution < 1.29 is 4.74 Å². The summed E-state index contributed by atoms with van der Waals surface area (Å²) in [5, 5.41) is 9.09. The van der Waals surface area contributed by atoms with Crippen molar-refractivity contribution >= 4 is 46.6 Å². The molecule has 8 nitrogen and oxygen atoms in total. The van der Waals surface area contributed by atoms with Crippen molar-refractivity contribution in [3.63, 3.8) is 0 Å². The molecule has 1 atom stereocenters. The van der Waals surface area contributed by atoms with Crippen LogP contribution in [0.5, 0.6) is 0 Å². The lowest BCUT2D eigenvalue weighted by Gasteiger charge is -2.41. The van der Waals surface area contributed by atoms with Crippen LogP contribution in [0.1, 0.15) is 12.8 Å². The van der Waals surface area contributed by atoms with Crippen molar-refractivity contribution in [2.75, 3.05) is 31.2 Å². The molecular weight excluding hydrogens is 433 g/mol. The van der Waals surface area contributed by atoms with Gasteiger partial charge in [0.15, 0.2) is 5.65 Å². The Balaban J connectivity index is 1.42. The van der Waals surface area contributed by atoms with Crippen molar-refractivity contribution in [2.24, 2.45) is 11.1 Å². The van der Waals surface area contributed by atoms with E-state index in [9.17, 15) is 0 Å². The number of ether oxygens (including phenoxy) is 1. The molecule has 5 heterocycles. The minimum absolute atomic E-state index is 0.0932. The summed E-state index contributed by atoms with van der Waals surface area (Å²) >= 11 is 13.8. The lowest BCUT2D eigenvalue weighted by Crippen LogP contribution is -2.49. The molecule has 2 saturated heterocycles. The average Bonchev–Trinajstić information content (AvgIpc) is 3.35. The summed E-state index contributed by atoms with van der Waals surface area (Å²) in [7, 11) is 0.